The van der Waals surface area contributed by atoms with E-state index in [1.165, 1.54) is 42.6 Å². The molecule has 0 aromatic heterocycles. The molecule has 1 N–H and O–H groups in total. The number of hydrogen-bond donors (Lipinski definition) is 1. The molecule has 104 valence electrons. The molecule has 0 unspecified atom stereocenters. The lowest BCUT2D eigenvalue weighted by Gasteiger charge is -2.23. The maximum absolute atomic E-state index is 3.16. The molecule has 3 rings (SSSR count). The summed E-state index contributed by atoms with van der Waals surface area (Å²) < 4.78 is 0. The Labute approximate surface area is 121 Å². The molecular formula is C18H22N2. The first-order valence-corrected chi connectivity index (χ1v) is 7.41. The van der Waals surface area contributed by atoms with Crippen LogP contribution in [0.25, 0.3) is 0 Å². The molecule has 0 spiro atoms. The van der Waals surface area contributed by atoms with Gasteiger partial charge in [0.15, 0.2) is 0 Å². The van der Waals surface area contributed by atoms with Gasteiger partial charge in [-0.15, -0.1) is 0 Å². The Hall–Kier alpha value is -1.96. The number of aryl methyl sites for hydroxylation is 2. The Morgan fingerprint density at radius 3 is 2.20 bits per heavy atom. The Bertz CT molecular complexity index is 587. The maximum atomic E-state index is 3.16. The Balaban J connectivity index is 1.87. The van der Waals surface area contributed by atoms with Crippen LogP contribution in [0.15, 0.2) is 42.5 Å². The van der Waals surface area contributed by atoms with E-state index < -0.39 is 0 Å². The van der Waals surface area contributed by atoms with Gasteiger partial charge in [0.2, 0.25) is 0 Å². The van der Waals surface area contributed by atoms with E-state index in [1.807, 2.05) is 7.05 Å². The first kappa shape index (κ1) is 13.0. The smallest absolute Gasteiger partial charge is 0.0411 e. The van der Waals surface area contributed by atoms with Crippen molar-refractivity contribution in [2.24, 2.45) is 0 Å². The molecule has 2 aromatic rings. The molecule has 0 atom stereocenters. The van der Waals surface area contributed by atoms with Crippen LogP contribution in [0, 0.1) is 0 Å². The van der Waals surface area contributed by atoms with E-state index in [0.717, 1.165) is 5.69 Å². The van der Waals surface area contributed by atoms with Gasteiger partial charge in [-0.05, 0) is 73.2 Å². The van der Waals surface area contributed by atoms with Crippen LogP contribution in [0.3, 0.4) is 0 Å². The highest BCUT2D eigenvalue weighted by Crippen LogP contribution is 2.29. The summed E-state index contributed by atoms with van der Waals surface area (Å²) in [4.78, 5) is 2.26. The molecule has 0 fully saturated rings. The Morgan fingerprint density at radius 2 is 1.50 bits per heavy atom. The summed E-state index contributed by atoms with van der Waals surface area (Å²) in [6, 6.07) is 15.5. The summed E-state index contributed by atoms with van der Waals surface area (Å²) >= 11 is 0. The Morgan fingerprint density at radius 1 is 0.850 bits per heavy atom. The highest BCUT2D eigenvalue weighted by atomic mass is 15.1. The van der Waals surface area contributed by atoms with Crippen molar-refractivity contribution >= 4 is 17.1 Å². The fourth-order valence-electron chi connectivity index (χ4n) is 2.93. The lowest BCUT2D eigenvalue weighted by molar-refractivity contribution is 0.685. The molecule has 0 radical (unpaired) electrons. The van der Waals surface area contributed by atoms with Crippen LogP contribution in [0.5, 0.6) is 0 Å². The molecule has 0 saturated heterocycles. The minimum Gasteiger partial charge on any atom is -0.388 e. The highest BCUT2D eigenvalue weighted by Gasteiger charge is 2.11. The number of fused-ring (bicyclic) bond motifs is 1. The number of hydrogen-bond acceptors (Lipinski definition) is 2. The molecular weight excluding hydrogens is 244 g/mol. The summed E-state index contributed by atoms with van der Waals surface area (Å²) in [5.74, 6) is 0. The van der Waals surface area contributed by atoms with Crippen LogP contribution in [0.4, 0.5) is 17.1 Å². The second-order valence-electron chi connectivity index (χ2n) is 5.52. The molecule has 0 amide bonds. The van der Waals surface area contributed by atoms with Gasteiger partial charge in [-0.25, -0.2) is 0 Å². The Kier molecular flexibility index (Phi) is 3.64. The molecule has 1 aliphatic carbocycles. The highest BCUT2D eigenvalue weighted by molar-refractivity contribution is 5.65. The fraction of sp³-hybridized carbons (Fsp3) is 0.333. The first-order valence-electron chi connectivity index (χ1n) is 7.41. The van der Waals surface area contributed by atoms with Crippen LogP contribution in [-0.2, 0) is 12.8 Å². The predicted molar refractivity (Wildman–Crippen MR) is 87.1 cm³/mol. The lowest BCUT2D eigenvalue weighted by Crippen LogP contribution is -2.11. The van der Waals surface area contributed by atoms with Crippen molar-refractivity contribution in [1.82, 2.24) is 0 Å². The number of anilines is 3. The van der Waals surface area contributed by atoms with Crippen LogP contribution < -0.4 is 10.2 Å². The lowest BCUT2D eigenvalue weighted by atomic mass is 9.91. The van der Waals surface area contributed by atoms with Crippen LogP contribution in [-0.4, -0.2) is 14.1 Å². The molecule has 2 aromatic carbocycles. The van der Waals surface area contributed by atoms with Gasteiger partial charge in [-0.2, -0.15) is 0 Å². The first-order chi connectivity index (χ1) is 9.78. The summed E-state index contributed by atoms with van der Waals surface area (Å²) in [7, 11) is 4.08. The van der Waals surface area contributed by atoms with Crippen molar-refractivity contribution < 1.29 is 0 Å². The third-order valence-electron chi connectivity index (χ3n) is 4.26. The maximum Gasteiger partial charge on any atom is 0.0411 e. The van der Waals surface area contributed by atoms with Crippen molar-refractivity contribution in [2.75, 3.05) is 24.3 Å². The standard InChI is InChI=1S/C18H22N2/c1-19-16-8-11-17(12-9-16)20(2)18-10-7-14-5-3-4-6-15(14)13-18/h7-13,19H,3-6H2,1-2H3. The average Bonchev–Trinajstić information content (AvgIpc) is 2.54. The topological polar surface area (TPSA) is 15.3 Å². The second kappa shape index (κ2) is 5.58. The number of rotatable bonds is 3. The van der Waals surface area contributed by atoms with Crippen LogP contribution in [0.1, 0.15) is 24.0 Å². The zero-order valence-corrected chi connectivity index (χ0v) is 12.3. The fourth-order valence-corrected chi connectivity index (χ4v) is 2.93. The van der Waals surface area contributed by atoms with E-state index in [2.05, 4.69) is 59.7 Å². The van der Waals surface area contributed by atoms with Gasteiger partial charge in [0, 0.05) is 31.2 Å². The zero-order chi connectivity index (χ0) is 13.9. The molecule has 1 aliphatic rings. The molecule has 2 heteroatoms. The van der Waals surface area contributed by atoms with Crippen molar-refractivity contribution in [3.63, 3.8) is 0 Å². The predicted octanol–water partition coefficient (Wildman–Crippen LogP) is 4.38. The number of nitrogens with one attached hydrogen (secondary N) is 1. The molecule has 0 aliphatic heterocycles. The normalized spacial score (nSPS) is 13.7. The van der Waals surface area contributed by atoms with E-state index in [0.29, 0.717) is 0 Å². The van der Waals surface area contributed by atoms with E-state index in [9.17, 15) is 0 Å². The van der Waals surface area contributed by atoms with Gasteiger partial charge >= 0.3 is 0 Å². The summed E-state index contributed by atoms with van der Waals surface area (Å²) in [5.41, 5.74) is 6.72. The number of nitrogens with zero attached hydrogens (tertiary/aromatic N) is 1. The van der Waals surface area contributed by atoms with Gasteiger partial charge in [-0.1, -0.05) is 6.07 Å². The average molecular weight is 266 g/mol. The van der Waals surface area contributed by atoms with Gasteiger partial charge < -0.3 is 10.2 Å². The summed E-state index contributed by atoms with van der Waals surface area (Å²) in [5, 5.41) is 3.16. The van der Waals surface area contributed by atoms with E-state index in [-0.39, 0.29) is 0 Å². The SMILES string of the molecule is CNc1ccc(N(C)c2ccc3c(c2)CCCC3)cc1. The molecule has 0 heterocycles. The quantitative estimate of drug-likeness (QED) is 0.887. The second-order valence-corrected chi connectivity index (χ2v) is 5.52. The van der Waals surface area contributed by atoms with Crippen molar-refractivity contribution in [3.05, 3.63) is 53.6 Å². The monoisotopic (exact) mass is 266 g/mol. The van der Waals surface area contributed by atoms with Crippen molar-refractivity contribution in [2.45, 2.75) is 25.7 Å². The van der Waals surface area contributed by atoms with E-state index in [1.54, 1.807) is 5.56 Å². The molecule has 0 saturated carbocycles. The largest absolute Gasteiger partial charge is 0.388 e. The van der Waals surface area contributed by atoms with E-state index >= 15 is 0 Å². The van der Waals surface area contributed by atoms with Crippen LogP contribution in [0.2, 0.25) is 0 Å². The minimum atomic E-state index is 1.15. The third-order valence-corrected chi connectivity index (χ3v) is 4.26. The van der Waals surface area contributed by atoms with Gasteiger partial charge in [0.25, 0.3) is 0 Å². The minimum absolute atomic E-state index is 1.15. The van der Waals surface area contributed by atoms with Gasteiger partial charge in [0.05, 0.1) is 0 Å². The summed E-state index contributed by atoms with van der Waals surface area (Å²) in [6.45, 7) is 0. The molecule has 0 bridgehead atoms. The zero-order valence-electron chi connectivity index (χ0n) is 12.3. The molecule has 2 nitrogen and oxygen atoms in total. The van der Waals surface area contributed by atoms with Crippen LogP contribution >= 0.6 is 0 Å². The van der Waals surface area contributed by atoms with Crippen molar-refractivity contribution in [1.29, 1.82) is 0 Å². The van der Waals surface area contributed by atoms with Gasteiger partial charge in [0.1, 0.15) is 0 Å². The van der Waals surface area contributed by atoms with E-state index in [4.69, 9.17) is 0 Å². The number of benzene rings is 2. The van der Waals surface area contributed by atoms with Gasteiger partial charge in [-0.3, -0.25) is 0 Å². The molecule has 20 heavy (non-hydrogen) atoms. The van der Waals surface area contributed by atoms with Crippen molar-refractivity contribution in [3.8, 4) is 0 Å². The summed E-state index contributed by atoms with van der Waals surface area (Å²) in [6.07, 6.45) is 5.15. The third kappa shape index (κ3) is 2.51.